The van der Waals surface area contributed by atoms with Gasteiger partial charge in [-0.3, -0.25) is 14.4 Å². The number of ketones is 1. The van der Waals surface area contributed by atoms with Crippen LogP contribution in [0.2, 0.25) is 0 Å². The molecule has 11 heteroatoms. The van der Waals surface area contributed by atoms with E-state index in [-0.39, 0.29) is 38.0 Å². The average molecular weight is 624 g/mol. The minimum Gasteiger partial charge on any atom is -0.497 e. The number of aliphatic hydroxyl groups is 1. The highest BCUT2D eigenvalue weighted by Gasteiger charge is 2.29. The molecule has 44 heavy (non-hydrogen) atoms. The molecule has 5 N–H and O–H groups in total. The minimum atomic E-state index is -1.25. The maximum absolute atomic E-state index is 13.5. The Morgan fingerprint density at radius 1 is 0.795 bits per heavy atom. The summed E-state index contributed by atoms with van der Waals surface area (Å²) in [4.78, 5) is 39.5. The number of nitrogens with one attached hydrogen (secondary N) is 2. The van der Waals surface area contributed by atoms with Crippen LogP contribution in [-0.4, -0.2) is 73.0 Å². The fourth-order valence-corrected chi connectivity index (χ4v) is 5.04. The van der Waals surface area contributed by atoms with Crippen molar-refractivity contribution < 1.29 is 33.7 Å². The molecule has 236 valence electrons. The topological polar surface area (TPSA) is 149 Å². The smallest absolute Gasteiger partial charge is 0.245 e. The first-order valence-electron chi connectivity index (χ1n) is 14.3. The highest BCUT2D eigenvalue weighted by Crippen LogP contribution is 2.18. The monoisotopic (exact) mass is 623 g/mol. The van der Waals surface area contributed by atoms with Crippen molar-refractivity contribution in [1.29, 1.82) is 0 Å². The number of methoxy groups -OCH3 is 1. The van der Waals surface area contributed by atoms with Crippen LogP contribution in [0.15, 0.2) is 84.9 Å². The van der Waals surface area contributed by atoms with Gasteiger partial charge in [0, 0.05) is 11.5 Å². The second kappa shape index (κ2) is 18.8. The van der Waals surface area contributed by atoms with Gasteiger partial charge in [-0.1, -0.05) is 72.8 Å². The molecule has 4 atom stereocenters. The Morgan fingerprint density at radius 2 is 1.36 bits per heavy atom. The van der Waals surface area contributed by atoms with Crippen molar-refractivity contribution in [2.45, 2.75) is 50.1 Å². The van der Waals surface area contributed by atoms with Crippen LogP contribution in [0.3, 0.4) is 0 Å². The van der Waals surface area contributed by atoms with E-state index in [1.807, 2.05) is 84.9 Å². The van der Waals surface area contributed by atoms with Crippen LogP contribution in [0.1, 0.15) is 23.6 Å². The molecule has 0 saturated heterocycles. The molecule has 0 aliphatic rings. The van der Waals surface area contributed by atoms with Gasteiger partial charge in [-0.25, -0.2) is 0 Å². The van der Waals surface area contributed by atoms with Gasteiger partial charge < -0.3 is 35.7 Å². The highest BCUT2D eigenvalue weighted by molar-refractivity contribution is 7.98. The summed E-state index contributed by atoms with van der Waals surface area (Å²) in [7, 11) is 1.60. The Bertz CT molecular complexity index is 1290. The number of Topliss-reactive ketones (excluding diaryl/α,β-unsaturated/α-hetero) is 1. The van der Waals surface area contributed by atoms with E-state index in [2.05, 4.69) is 10.6 Å². The zero-order valence-electron chi connectivity index (χ0n) is 25.0. The van der Waals surface area contributed by atoms with E-state index < -0.39 is 36.0 Å². The van der Waals surface area contributed by atoms with Crippen LogP contribution in [-0.2, 0) is 42.8 Å². The third kappa shape index (κ3) is 12.1. The summed E-state index contributed by atoms with van der Waals surface area (Å²) in [5, 5.41) is 15.1. The number of thioether (sulfide) groups is 1. The molecular weight excluding hydrogens is 582 g/mol. The average Bonchev–Trinajstić information content (AvgIpc) is 3.04. The van der Waals surface area contributed by atoms with E-state index in [0.29, 0.717) is 5.75 Å². The molecule has 2 amide bonds. The largest absolute Gasteiger partial charge is 0.497 e. The fourth-order valence-electron chi connectivity index (χ4n) is 3.99. The Kier molecular flexibility index (Phi) is 14.9. The number of nitrogens with two attached hydrogens (primary N) is 1. The number of carbonyl (C=O) groups is 3. The molecule has 0 saturated carbocycles. The lowest BCUT2D eigenvalue weighted by molar-refractivity contribution is -0.134. The van der Waals surface area contributed by atoms with Crippen LogP contribution in [0.25, 0.3) is 0 Å². The molecule has 3 aromatic carbocycles. The van der Waals surface area contributed by atoms with E-state index in [1.54, 1.807) is 7.11 Å². The Labute approximate surface area is 262 Å². The van der Waals surface area contributed by atoms with E-state index in [0.717, 1.165) is 22.4 Å². The molecule has 0 bridgehead atoms. The zero-order chi connectivity index (χ0) is 31.7. The summed E-state index contributed by atoms with van der Waals surface area (Å²) in [6, 6.07) is 23.1. The quantitative estimate of drug-likeness (QED) is 0.158. The van der Waals surface area contributed by atoms with Gasteiger partial charge in [-0.05, 0) is 35.7 Å². The minimum absolute atomic E-state index is 0.177. The fraction of sp³-hybridized carbons (Fsp3) is 0.364. The maximum atomic E-state index is 13.5. The third-order valence-corrected chi connectivity index (χ3v) is 7.73. The van der Waals surface area contributed by atoms with Crippen molar-refractivity contribution in [2.75, 3.05) is 26.1 Å². The normalized spacial score (nSPS) is 13.7. The van der Waals surface area contributed by atoms with Gasteiger partial charge in [0.15, 0.2) is 5.78 Å². The van der Waals surface area contributed by atoms with E-state index in [9.17, 15) is 19.5 Å². The summed E-state index contributed by atoms with van der Waals surface area (Å²) >= 11 is 1.47. The number of benzene rings is 3. The number of ether oxygens (including phenoxy) is 3. The first-order valence-corrected chi connectivity index (χ1v) is 15.4. The molecule has 0 heterocycles. The Morgan fingerprint density at radius 3 is 1.93 bits per heavy atom. The second-order valence-electron chi connectivity index (χ2n) is 10.2. The standard InChI is InChI=1S/C33H41N3O7S/c1-23(37)31(34)33(40)35-28(19-42-17-24-9-5-3-6-10-24)32(39)36-29(22-44-21-26-13-15-27(41-2)16-14-26)30(38)20-43-18-25-11-7-4-8-12-25/h3-16,23,28-29,31,37H,17-22,34H2,1-2H3,(H,35,40)(H,36,39)/t23-,28+,29?,31+/m1/s1. The van der Waals surface area contributed by atoms with Gasteiger partial charge in [-0.15, -0.1) is 0 Å². The van der Waals surface area contributed by atoms with Gasteiger partial charge in [-0.2, -0.15) is 11.8 Å². The van der Waals surface area contributed by atoms with Crippen molar-refractivity contribution in [3.63, 3.8) is 0 Å². The summed E-state index contributed by atoms with van der Waals surface area (Å²) in [6.45, 7) is 1.45. The molecule has 0 aliphatic carbocycles. The number of hydrogen-bond acceptors (Lipinski definition) is 9. The maximum Gasteiger partial charge on any atom is 0.245 e. The van der Waals surface area contributed by atoms with E-state index >= 15 is 0 Å². The SMILES string of the molecule is COc1ccc(CSCC(NC(=O)[C@H](COCc2ccccc2)NC(=O)[C@@H](N)[C@@H](C)O)C(=O)COCc2ccccc2)cc1. The van der Waals surface area contributed by atoms with Crippen molar-refractivity contribution >= 4 is 29.4 Å². The van der Waals surface area contributed by atoms with Crippen molar-refractivity contribution in [1.82, 2.24) is 10.6 Å². The number of rotatable bonds is 19. The summed E-state index contributed by atoms with van der Waals surface area (Å²) in [5.74, 6) is -0.0376. The van der Waals surface area contributed by atoms with E-state index in [4.69, 9.17) is 19.9 Å². The first-order chi connectivity index (χ1) is 21.3. The first kappa shape index (κ1) is 34.7. The molecule has 0 aromatic heterocycles. The van der Waals surface area contributed by atoms with Crippen molar-refractivity contribution in [3.05, 3.63) is 102 Å². The molecule has 10 nitrogen and oxygen atoms in total. The van der Waals surface area contributed by atoms with Crippen LogP contribution in [0.5, 0.6) is 5.75 Å². The zero-order valence-corrected chi connectivity index (χ0v) is 25.8. The summed E-state index contributed by atoms with van der Waals surface area (Å²) in [5.41, 5.74) is 8.64. The molecule has 3 rings (SSSR count). The predicted octanol–water partition coefficient (Wildman–Crippen LogP) is 2.61. The molecule has 0 radical (unpaired) electrons. The second-order valence-corrected chi connectivity index (χ2v) is 11.2. The Balaban J connectivity index is 1.68. The van der Waals surface area contributed by atoms with Crippen LogP contribution >= 0.6 is 11.8 Å². The molecular formula is C33H41N3O7S. The Hall–Kier alpha value is -3.74. The number of aliphatic hydroxyl groups excluding tert-OH is 1. The van der Waals surface area contributed by atoms with Crippen LogP contribution in [0, 0.1) is 0 Å². The van der Waals surface area contributed by atoms with Crippen molar-refractivity contribution in [3.8, 4) is 5.75 Å². The predicted molar refractivity (Wildman–Crippen MR) is 170 cm³/mol. The summed E-state index contributed by atoms with van der Waals surface area (Å²) < 4.78 is 16.6. The molecule has 1 unspecified atom stereocenters. The number of carbonyl (C=O) groups excluding carboxylic acids is 3. The van der Waals surface area contributed by atoms with Gasteiger partial charge in [0.1, 0.15) is 24.4 Å². The van der Waals surface area contributed by atoms with Gasteiger partial charge >= 0.3 is 0 Å². The lowest BCUT2D eigenvalue weighted by atomic mass is 10.1. The highest BCUT2D eigenvalue weighted by atomic mass is 32.2. The third-order valence-electron chi connectivity index (χ3n) is 6.62. The van der Waals surface area contributed by atoms with Gasteiger partial charge in [0.2, 0.25) is 11.8 Å². The number of amides is 2. The molecule has 0 fully saturated rings. The van der Waals surface area contributed by atoms with Crippen LogP contribution < -0.4 is 21.1 Å². The summed E-state index contributed by atoms with van der Waals surface area (Å²) in [6.07, 6.45) is -1.13. The van der Waals surface area contributed by atoms with Crippen molar-refractivity contribution in [2.24, 2.45) is 5.73 Å². The molecule has 0 aliphatic heterocycles. The molecule has 3 aromatic rings. The van der Waals surface area contributed by atoms with Gasteiger partial charge in [0.05, 0.1) is 39.1 Å². The lowest BCUT2D eigenvalue weighted by Crippen LogP contribution is -2.58. The lowest BCUT2D eigenvalue weighted by Gasteiger charge is -2.24. The van der Waals surface area contributed by atoms with E-state index in [1.165, 1.54) is 18.7 Å². The van der Waals surface area contributed by atoms with Gasteiger partial charge in [0.25, 0.3) is 0 Å². The molecule has 0 spiro atoms. The number of hydrogen-bond donors (Lipinski definition) is 4. The van der Waals surface area contributed by atoms with Crippen LogP contribution in [0.4, 0.5) is 0 Å².